The van der Waals surface area contributed by atoms with Gasteiger partial charge >= 0.3 is 5.43 Å². The fourth-order valence-electron chi connectivity index (χ4n) is 0.223. The Morgan fingerprint density at radius 3 is 2.33 bits per heavy atom. The zero-order chi connectivity index (χ0) is 7.49. The van der Waals surface area contributed by atoms with Gasteiger partial charge < -0.3 is 4.74 Å². The fourth-order valence-corrected chi connectivity index (χ4v) is 0.416. The SMILES string of the molecule is CC(C)(C#N)OC(=O)Cl. The molecule has 0 N–H and O–H groups in total. The molecular formula is C5H6ClNO2. The summed E-state index contributed by atoms with van der Waals surface area (Å²) < 4.78 is 4.35. The molecular weight excluding hydrogens is 142 g/mol. The van der Waals surface area contributed by atoms with Crippen molar-refractivity contribution < 1.29 is 9.53 Å². The molecule has 0 rings (SSSR count). The average molecular weight is 148 g/mol. The quantitative estimate of drug-likeness (QED) is 0.530. The van der Waals surface area contributed by atoms with E-state index in [1.54, 1.807) is 6.07 Å². The lowest BCUT2D eigenvalue weighted by Gasteiger charge is -2.12. The zero-order valence-electron chi connectivity index (χ0n) is 5.14. The maximum Gasteiger partial charge on any atom is 0.405 e. The second-order valence-electron chi connectivity index (χ2n) is 1.96. The van der Waals surface area contributed by atoms with Gasteiger partial charge in [-0.15, -0.1) is 0 Å². The molecule has 0 aromatic rings. The lowest BCUT2D eigenvalue weighted by molar-refractivity contribution is 0.0989. The Morgan fingerprint density at radius 2 is 2.22 bits per heavy atom. The van der Waals surface area contributed by atoms with E-state index in [-0.39, 0.29) is 0 Å². The van der Waals surface area contributed by atoms with Gasteiger partial charge in [0.05, 0.1) is 0 Å². The number of hydrogen-bond donors (Lipinski definition) is 0. The van der Waals surface area contributed by atoms with Crippen molar-refractivity contribution in [3.8, 4) is 6.07 Å². The monoisotopic (exact) mass is 147 g/mol. The maximum absolute atomic E-state index is 10.0. The largest absolute Gasteiger partial charge is 0.432 e. The van der Waals surface area contributed by atoms with Crippen molar-refractivity contribution in [3.63, 3.8) is 0 Å². The standard InChI is InChI=1S/C5H6ClNO2/c1-5(2,3-7)9-4(6)8/h1-2H3. The van der Waals surface area contributed by atoms with Crippen LogP contribution in [0.1, 0.15) is 13.8 Å². The van der Waals surface area contributed by atoms with E-state index in [9.17, 15) is 4.79 Å². The summed E-state index contributed by atoms with van der Waals surface area (Å²) in [4.78, 5) is 10.0. The molecule has 0 saturated heterocycles. The molecule has 0 aromatic heterocycles. The normalized spacial score (nSPS) is 10.0. The number of carbonyl (C=O) groups is 1. The molecule has 0 heterocycles. The molecule has 9 heavy (non-hydrogen) atoms. The molecule has 0 amide bonds. The van der Waals surface area contributed by atoms with Crippen LogP contribution in [0.3, 0.4) is 0 Å². The van der Waals surface area contributed by atoms with Crippen LogP contribution in [0.5, 0.6) is 0 Å². The second kappa shape index (κ2) is 2.70. The third kappa shape index (κ3) is 3.80. The van der Waals surface area contributed by atoms with Crippen LogP contribution < -0.4 is 0 Å². The van der Waals surface area contributed by atoms with Crippen molar-refractivity contribution in [1.29, 1.82) is 5.26 Å². The first-order valence-corrected chi connectivity index (χ1v) is 2.65. The molecule has 50 valence electrons. The highest BCUT2D eigenvalue weighted by Gasteiger charge is 2.20. The number of nitriles is 1. The molecule has 0 spiro atoms. The molecule has 0 radical (unpaired) electrons. The van der Waals surface area contributed by atoms with Gasteiger partial charge in [0.25, 0.3) is 0 Å². The molecule has 0 aliphatic carbocycles. The van der Waals surface area contributed by atoms with Crippen LogP contribution in [0.2, 0.25) is 0 Å². The Balaban J connectivity index is 3.91. The van der Waals surface area contributed by atoms with Gasteiger partial charge in [-0.25, -0.2) is 4.79 Å². The number of ether oxygens (including phenoxy) is 1. The summed E-state index contributed by atoms with van der Waals surface area (Å²) in [5.41, 5.74) is -2.07. The molecule has 0 aliphatic rings. The van der Waals surface area contributed by atoms with E-state index in [0.29, 0.717) is 0 Å². The Kier molecular flexibility index (Phi) is 2.47. The highest BCUT2D eigenvalue weighted by Crippen LogP contribution is 2.08. The van der Waals surface area contributed by atoms with Gasteiger partial charge in [-0.05, 0) is 13.8 Å². The summed E-state index contributed by atoms with van der Waals surface area (Å²) in [6.45, 7) is 2.90. The van der Waals surface area contributed by atoms with Gasteiger partial charge in [0, 0.05) is 11.6 Å². The van der Waals surface area contributed by atoms with E-state index in [1.807, 2.05) is 0 Å². The van der Waals surface area contributed by atoms with Gasteiger partial charge in [0.2, 0.25) is 0 Å². The smallest absolute Gasteiger partial charge is 0.405 e. The molecule has 0 atom stereocenters. The minimum atomic E-state index is -1.11. The van der Waals surface area contributed by atoms with Crippen LogP contribution in [0.15, 0.2) is 0 Å². The highest BCUT2D eigenvalue weighted by atomic mass is 35.5. The summed E-state index contributed by atoms with van der Waals surface area (Å²) >= 11 is 4.83. The predicted molar refractivity (Wildman–Crippen MR) is 32.0 cm³/mol. The van der Waals surface area contributed by atoms with Crippen LogP contribution in [0.25, 0.3) is 0 Å². The van der Waals surface area contributed by atoms with E-state index in [1.165, 1.54) is 13.8 Å². The summed E-state index contributed by atoms with van der Waals surface area (Å²) in [6.07, 6.45) is 0. The van der Waals surface area contributed by atoms with E-state index in [4.69, 9.17) is 16.9 Å². The van der Waals surface area contributed by atoms with Crippen molar-refractivity contribution >= 4 is 17.0 Å². The van der Waals surface area contributed by atoms with Crippen molar-refractivity contribution in [2.24, 2.45) is 0 Å². The van der Waals surface area contributed by atoms with Crippen molar-refractivity contribution in [1.82, 2.24) is 0 Å². The predicted octanol–water partition coefficient (Wildman–Crippen LogP) is 1.66. The Morgan fingerprint density at radius 1 is 1.78 bits per heavy atom. The van der Waals surface area contributed by atoms with Crippen molar-refractivity contribution in [3.05, 3.63) is 0 Å². The van der Waals surface area contributed by atoms with Crippen molar-refractivity contribution in [2.75, 3.05) is 0 Å². The Labute approximate surface area is 58.2 Å². The molecule has 0 unspecified atom stereocenters. The van der Waals surface area contributed by atoms with E-state index < -0.39 is 11.0 Å². The number of carbonyl (C=O) groups excluding carboxylic acids is 1. The van der Waals surface area contributed by atoms with Crippen LogP contribution in [0, 0.1) is 11.3 Å². The topological polar surface area (TPSA) is 50.1 Å². The van der Waals surface area contributed by atoms with Gasteiger partial charge in [0.1, 0.15) is 6.07 Å². The summed E-state index contributed by atoms with van der Waals surface area (Å²) in [5.74, 6) is 0. The molecule has 0 aromatic carbocycles. The average Bonchev–Trinajstić information content (AvgIpc) is 1.63. The molecule has 0 aliphatic heterocycles. The first kappa shape index (κ1) is 8.25. The molecule has 3 nitrogen and oxygen atoms in total. The molecule has 0 fully saturated rings. The van der Waals surface area contributed by atoms with Gasteiger partial charge in [-0.3, -0.25) is 0 Å². The second-order valence-corrected chi connectivity index (χ2v) is 2.27. The zero-order valence-corrected chi connectivity index (χ0v) is 5.90. The number of nitrogens with zero attached hydrogens (tertiary/aromatic N) is 1. The third-order valence-electron chi connectivity index (χ3n) is 0.605. The van der Waals surface area contributed by atoms with E-state index in [0.717, 1.165) is 0 Å². The first-order chi connectivity index (χ1) is 3.98. The Hall–Kier alpha value is -0.750. The summed E-state index contributed by atoms with van der Waals surface area (Å²) in [7, 11) is 0. The van der Waals surface area contributed by atoms with Crippen LogP contribution in [-0.4, -0.2) is 11.0 Å². The molecule has 0 bridgehead atoms. The number of hydrogen-bond acceptors (Lipinski definition) is 3. The van der Waals surface area contributed by atoms with E-state index >= 15 is 0 Å². The lowest BCUT2D eigenvalue weighted by Crippen LogP contribution is -2.22. The minimum absolute atomic E-state index is 0.957. The minimum Gasteiger partial charge on any atom is -0.432 e. The number of halogens is 1. The highest BCUT2D eigenvalue weighted by molar-refractivity contribution is 6.61. The molecule has 4 heteroatoms. The fraction of sp³-hybridized carbons (Fsp3) is 0.600. The van der Waals surface area contributed by atoms with Crippen molar-refractivity contribution in [2.45, 2.75) is 19.4 Å². The molecule has 0 saturated carbocycles. The van der Waals surface area contributed by atoms with Gasteiger partial charge in [0.15, 0.2) is 5.60 Å². The van der Waals surface area contributed by atoms with Crippen LogP contribution >= 0.6 is 11.6 Å². The third-order valence-corrected chi connectivity index (χ3v) is 0.682. The van der Waals surface area contributed by atoms with Crippen LogP contribution in [-0.2, 0) is 4.74 Å². The number of rotatable bonds is 1. The summed E-state index contributed by atoms with van der Waals surface area (Å²) in [5, 5.41) is 8.26. The van der Waals surface area contributed by atoms with E-state index in [2.05, 4.69) is 4.74 Å². The lowest BCUT2D eigenvalue weighted by atomic mass is 10.2. The van der Waals surface area contributed by atoms with Gasteiger partial charge in [-0.2, -0.15) is 5.26 Å². The van der Waals surface area contributed by atoms with Gasteiger partial charge in [-0.1, -0.05) is 0 Å². The van der Waals surface area contributed by atoms with Crippen LogP contribution in [0.4, 0.5) is 4.79 Å². The summed E-state index contributed by atoms with van der Waals surface area (Å²) in [6, 6.07) is 1.75. The Bertz CT molecular complexity index is 159. The maximum atomic E-state index is 10.0. The first-order valence-electron chi connectivity index (χ1n) is 2.27.